The van der Waals surface area contributed by atoms with Crippen molar-refractivity contribution in [2.45, 2.75) is 26.3 Å². The van der Waals surface area contributed by atoms with Gasteiger partial charge in [-0.25, -0.2) is 13.2 Å². The lowest BCUT2D eigenvalue weighted by Crippen LogP contribution is -2.47. The van der Waals surface area contributed by atoms with E-state index < -0.39 is 27.9 Å². The number of hydrogen-bond acceptors (Lipinski definition) is 5. The van der Waals surface area contributed by atoms with Crippen LogP contribution in [0.1, 0.15) is 30.6 Å². The Hall–Kier alpha value is -2.87. The highest BCUT2D eigenvalue weighted by molar-refractivity contribution is 7.92. The lowest BCUT2D eigenvalue weighted by molar-refractivity contribution is -0.117. The first kappa shape index (κ1) is 21.4. The molecule has 0 unspecified atom stereocenters. The van der Waals surface area contributed by atoms with Gasteiger partial charge in [0.1, 0.15) is 6.04 Å². The molecule has 0 aromatic heterocycles. The van der Waals surface area contributed by atoms with Crippen LogP contribution in [0.4, 0.5) is 11.4 Å². The highest BCUT2D eigenvalue weighted by Gasteiger charge is 2.32. The van der Waals surface area contributed by atoms with Gasteiger partial charge in [0.05, 0.1) is 29.8 Å². The molecule has 0 saturated heterocycles. The summed E-state index contributed by atoms with van der Waals surface area (Å²) < 4.78 is 30.9. The van der Waals surface area contributed by atoms with Gasteiger partial charge in [0.2, 0.25) is 15.9 Å². The van der Waals surface area contributed by atoms with Crippen LogP contribution < -0.4 is 9.62 Å². The van der Waals surface area contributed by atoms with Crippen LogP contribution in [-0.4, -0.2) is 39.2 Å². The normalized spacial score (nSPS) is 12.1. The summed E-state index contributed by atoms with van der Waals surface area (Å²) in [7, 11) is -3.72. The van der Waals surface area contributed by atoms with Crippen LogP contribution in [0.25, 0.3) is 0 Å². The second kappa shape index (κ2) is 9.36. The molecule has 1 amide bonds. The molecule has 0 bridgehead atoms. The minimum atomic E-state index is -3.72. The molecule has 0 aliphatic carbocycles. The summed E-state index contributed by atoms with van der Waals surface area (Å²) in [5, 5.41) is 2.68. The maximum absolute atomic E-state index is 13.0. The van der Waals surface area contributed by atoms with Gasteiger partial charge < -0.3 is 10.1 Å². The van der Waals surface area contributed by atoms with Gasteiger partial charge in [-0.15, -0.1) is 0 Å². The largest absolute Gasteiger partial charge is 0.462 e. The molecule has 0 fully saturated rings. The van der Waals surface area contributed by atoms with E-state index in [2.05, 4.69) is 5.32 Å². The fourth-order valence-electron chi connectivity index (χ4n) is 2.83. The van der Waals surface area contributed by atoms with Crippen molar-refractivity contribution in [1.29, 1.82) is 0 Å². The van der Waals surface area contributed by atoms with Crippen molar-refractivity contribution in [3.63, 3.8) is 0 Å². The number of amides is 1. The van der Waals surface area contributed by atoms with Crippen molar-refractivity contribution in [2.24, 2.45) is 0 Å². The van der Waals surface area contributed by atoms with E-state index in [1.54, 1.807) is 68.4 Å². The zero-order valence-corrected chi connectivity index (χ0v) is 16.9. The van der Waals surface area contributed by atoms with Gasteiger partial charge in [0.15, 0.2) is 0 Å². The van der Waals surface area contributed by atoms with Crippen LogP contribution in [0, 0.1) is 0 Å². The molecule has 0 radical (unpaired) electrons. The lowest BCUT2D eigenvalue weighted by Gasteiger charge is -2.30. The fraction of sp³-hybridized carbons (Fsp3) is 0.300. The second-order valence-corrected chi connectivity index (χ2v) is 7.93. The van der Waals surface area contributed by atoms with Crippen molar-refractivity contribution in [3.8, 4) is 0 Å². The Kier molecular flexibility index (Phi) is 7.17. The number of rotatable bonds is 8. The number of para-hydroxylation sites is 2. The monoisotopic (exact) mass is 404 g/mol. The third-order valence-electron chi connectivity index (χ3n) is 4.02. The number of nitrogens with one attached hydrogen (secondary N) is 1. The summed E-state index contributed by atoms with van der Waals surface area (Å²) >= 11 is 0. The van der Waals surface area contributed by atoms with Crippen LogP contribution in [0.15, 0.2) is 54.6 Å². The summed E-state index contributed by atoms with van der Waals surface area (Å²) in [5.41, 5.74) is 0.870. The first-order valence-corrected chi connectivity index (χ1v) is 10.8. The van der Waals surface area contributed by atoms with Crippen LogP contribution in [0.5, 0.6) is 0 Å². The van der Waals surface area contributed by atoms with Gasteiger partial charge in [-0.3, -0.25) is 9.10 Å². The average Bonchev–Trinajstić information content (AvgIpc) is 2.66. The molecule has 8 heteroatoms. The number of nitrogens with zero attached hydrogens (tertiary/aromatic N) is 1. The van der Waals surface area contributed by atoms with Crippen LogP contribution in [0.2, 0.25) is 0 Å². The third-order valence-corrected chi connectivity index (χ3v) is 5.20. The van der Waals surface area contributed by atoms with Crippen molar-refractivity contribution in [3.05, 3.63) is 60.2 Å². The summed E-state index contributed by atoms with van der Waals surface area (Å²) in [4.78, 5) is 25.1. The molecule has 0 aliphatic rings. The predicted octanol–water partition coefficient (Wildman–Crippen LogP) is 3.05. The minimum Gasteiger partial charge on any atom is -0.462 e. The number of hydrogen-bond donors (Lipinski definition) is 1. The SMILES string of the molecule is CCOC(=O)c1ccccc1NC(=O)[C@H](CC)N(c1ccccc1)S(C)(=O)=O. The Bertz CT molecular complexity index is 929. The summed E-state index contributed by atoms with van der Waals surface area (Å²) in [6.07, 6.45) is 1.30. The molecular formula is C20H24N2O5S. The molecule has 28 heavy (non-hydrogen) atoms. The Morgan fingerprint density at radius 3 is 2.21 bits per heavy atom. The highest BCUT2D eigenvalue weighted by Crippen LogP contribution is 2.24. The summed E-state index contributed by atoms with van der Waals surface area (Å²) in [6.45, 7) is 3.62. The number of esters is 1. The van der Waals surface area contributed by atoms with Crippen molar-refractivity contribution >= 4 is 33.3 Å². The van der Waals surface area contributed by atoms with E-state index in [-0.39, 0.29) is 24.3 Å². The molecule has 1 atom stereocenters. The number of ether oxygens (including phenoxy) is 1. The van der Waals surface area contributed by atoms with Crippen LogP contribution >= 0.6 is 0 Å². The quantitative estimate of drug-likeness (QED) is 0.683. The molecule has 0 spiro atoms. The molecule has 2 aromatic rings. The maximum atomic E-state index is 13.0. The smallest absolute Gasteiger partial charge is 0.340 e. The van der Waals surface area contributed by atoms with E-state index in [0.29, 0.717) is 5.69 Å². The maximum Gasteiger partial charge on any atom is 0.340 e. The van der Waals surface area contributed by atoms with E-state index in [1.165, 1.54) is 0 Å². The van der Waals surface area contributed by atoms with Crippen molar-refractivity contribution in [2.75, 3.05) is 22.5 Å². The fourth-order valence-corrected chi connectivity index (χ4v) is 4.04. The molecule has 0 aliphatic heterocycles. The van der Waals surface area contributed by atoms with Gasteiger partial charge in [-0.1, -0.05) is 37.3 Å². The van der Waals surface area contributed by atoms with E-state index in [9.17, 15) is 18.0 Å². The zero-order chi connectivity index (χ0) is 20.7. The van der Waals surface area contributed by atoms with Crippen LogP contribution in [-0.2, 0) is 19.6 Å². The van der Waals surface area contributed by atoms with Gasteiger partial charge in [0, 0.05) is 0 Å². The van der Waals surface area contributed by atoms with E-state index in [0.717, 1.165) is 10.6 Å². The van der Waals surface area contributed by atoms with E-state index in [1.807, 2.05) is 0 Å². The van der Waals surface area contributed by atoms with Crippen molar-refractivity contribution in [1.82, 2.24) is 0 Å². The van der Waals surface area contributed by atoms with Gasteiger partial charge >= 0.3 is 5.97 Å². The van der Waals surface area contributed by atoms with Gasteiger partial charge in [0.25, 0.3) is 0 Å². The molecule has 150 valence electrons. The third kappa shape index (κ3) is 5.10. The Morgan fingerprint density at radius 1 is 1.04 bits per heavy atom. The second-order valence-electron chi connectivity index (χ2n) is 6.07. The molecule has 2 aromatic carbocycles. The average molecular weight is 404 g/mol. The number of anilines is 2. The standard InChI is InChI=1S/C20H24N2O5S/c1-4-18(22(28(3,25)26)15-11-7-6-8-12-15)19(23)21-17-14-10-9-13-16(17)20(24)27-5-2/h6-14,18H,4-5H2,1-3H3,(H,21,23)/t18-/m0/s1. The predicted molar refractivity (Wildman–Crippen MR) is 109 cm³/mol. The number of benzene rings is 2. The Balaban J connectivity index is 2.37. The van der Waals surface area contributed by atoms with Gasteiger partial charge in [-0.2, -0.15) is 0 Å². The van der Waals surface area contributed by atoms with E-state index in [4.69, 9.17) is 4.74 Å². The highest BCUT2D eigenvalue weighted by atomic mass is 32.2. The Morgan fingerprint density at radius 2 is 1.64 bits per heavy atom. The van der Waals surface area contributed by atoms with Crippen LogP contribution in [0.3, 0.4) is 0 Å². The first-order chi connectivity index (χ1) is 13.3. The lowest BCUT2D eigenvalue weighted by atomic mass is 10.1. The Labute approximate surface area is 165 Å². The van der Waals surface area contributed by atoms with Gasteiger partial charge in [-0.05, 0) is 37.6 Å². The zero-order valence-electron chi connectivity index (χ0n) is 16.1. The summed E-state index contributed by atoms with van der Waals surface area (Å²) in [5.74, 6) is -1.09. The molecule has 1 N–H and O–H groups in total. The molecule has 7 nitrogen and oxygen atoms in total. The molecule has 2 rings (SSSR count). The van der Waals surface area contributed by atoms with Crippen molar-refractivity contribution < 1.29 is 22.7 Å². The first-order valence-electron chi connectivity index (χ1n) is 8.91. The molecular weight excluding hydrogens is 380 g/mol. The molecule has 0 saturated carbocycles. The molecule has 0 heterocycles. The van der Waals surface area contributed by atoms with E-state index >= 15 is 0 Å². The summed E-state index contributed by atoms with van der Waals surface area (Å²) in [6, 6.07) is 13.9. The number of sulfonamides is 1. The number of carbonyl (C=O) groups is 2. The topological polar surface area (TPSA) is 92.8 Å². The number of carbonyl (C=O) groups excluding carboxylic acids is 2. The minimum absolute atomic E-state index is 0.203.